The Morgan fingerprint density at radius 3 is 2.55 bits per heavy atom. The molecule has 0 bridgehead atoms. The van der Waals surface area contributed by atoms with Gasteiger partial charge in [-0.2, -0.15) is 0 Å². The SMILES string of the molecule is CC[C@](C)(N=[N+]=[N-])Oc1ccc(C(O)O[P+](=O)O)cc1. The van der Waals surface area contributed by atoms with E-state index in [0.717, 1.165) is 0 Å². The van der Waals surface area contributed by atoms with E-state index in [1.807, 2.05) is 6.92 Å². The largest absolute Gasteiger partial charge is 0.697 e. The van der Waals surface area contributed by atoms with Crippen molar-refractivity contribution < 1.29 is 23.8 Å². The Balaban J connectivity index is 2.81. The van der Waals surface area contributed by atoms with Gasteiger partial charge in [-0.05, 0) is 36.1 Å². The Morgan fingerprint density at radius 1 is 1.50 bits per heavy atom. The summed E-state index contributed by atoms with van der Waals surface area (Å²) in [6.45, 7) is 3.47. The molecule has 108 valence electrons. The molecule has 1 rings (SSSR count). The molecule has 1 aromatic rings. The highest BCUT2D eigenvalue weighted by Gasteiger charge is 2.24. The molecule has 0 spiro atoms. The third-order valence-corrected chi connectivity index (χ3v) is 2.99. The molecule has 9 heteroatoms. The first-order chi connectivity index (χ1) is 9.40. The zero-order valence-corrected chi connectivity index (χ0v) is 11.9. The Bertz CT molecular complexity index is 517. The lowest BCUT2D eigenvalue weighted by Gasteiger charge is -2.24. The van der Waals surface area contributed by atoms with Crippen molar-refractivity contribution in [2.45, 2.75) is 32.3 Å². The Kier molecular flexibility index (Phi) is 5.88. The number of rotatable bonds is 7. The molecule has 8 nitrogen and oxygen atoms in total. The molecule has 3 atom stereocenters. The van der Waals surface area contributed by atoms with E-state index in [1.54, 1.807) is 6.92 Å². The minimum atomic E-state index is -2.89. The first kappa shape index (κ1) is 16.4. The van der Waals surface area contributed by atoms with E-state index >= 15 is 0 Å². The van der Waals surface area contributed by atoms with E-state index in [2.05, 4.69) is 14.5 Å². The highest BCUT2D eigenvalue weighted by atomic mass is 31.1. The molecule has 0 aliphatic rings. The smallest absolute Gasteiger partial charge is 0.481 e. The first-order valence-corrected chi connectivity index (χ1v) is 6.89. The van der Waals surface area contributed by atoms with Crippen LogP contribution in [0.5, 0.6) is 5.75 Å². The molecular weight excluding hydrogens is 285 g/mol. The lowest BCUT2D eigenvalue weighted by Crippen LogP contribution is -2.28. The van der Waals surface area contributed by atoms with Gasteiger partial charge in [0.05, 0.1) is 0 Å². The van der Waals surface area contributed by atoms with Crippen molar-refractivity contribution in [1.29, 1.82) is 0 Å². The summed E-state index contributed by atoms with van der Waals surface area (Å²) >= 11 is 0. The van der Waals surface area contributed by atoms with E-state index in [4.69, 9.17) is 15.2 Å². The van der Waals surface area contributed by atoms with Gasteiger partial charge >= 0.3 is 8.25 Å². The van der Waals surface area contributed by atoms with Crippen LogP contribution in [0.4, 0.5) is 0 Å². The summed E-state index contributed by atoms with van der Waals surface area (Å²) in [6.07, 6.45) is -1.01. The molecule has 0 aromatic heterocycles. The highest BCUT2D eigenvalue weighted by Crippen LogP contribution is 2.29. The minimum Gasteiger partial charge on any atom is -0.481 e. The van der Waals surface area contributed by atoms with Gasteiger partial charge in [0.1, 0.15) is 5.75 Å². The van der Waals surface area contributed by atoms with Crippen LogP contribution in [-0.4, -0.2) is 15.7 Å². The summed E-state index contributed by atoms with van der Waals surface area (Å²) in [4.78, 5) is 11.3. The zero-order valence-electron chi connectivity index (χ0n) is 11.0. The second-order valence-electron chi connectivity index (χ2n) is 4.08. The van der Waals surface area contributed by atoms with Gasteiger partial charge in [-0.25, -0.2) is 0 Å². The van der Waals surface area contributed by atoms with Crippen LogP contribution in [0.25, 0.3) is 10.4 Å². The van der Waals surface area contributed by atoms with Crippen LogP contribution < -0.4 is 4.74 Å². The predicted octanol–water partition coefficient (Wildman–Crippen LogP) is 3.16. The number of aliphatic hydroxyl groups is 1. The third kappa shape index (κ3) is 4.77. The number of benzene rings is 1. The van der Waals surface area contributed by atoms with E-state index in [9.17, 15) is 9.67 Å². The molecule has 0 fully saturated rings. The molecule has 1 aromatic carbocycles. The molecule has 0 saturated heterocycles. The molecule has 0 radical (unpaired) electrons. The number of hydrogen-bond donors (Lipinski definition) is 2. The minimum absolute atomic E-state index is 0.303. The van der Waals surface area contributed by atoms with Crippen molar-refractivity contribution in [3.05, 3.63) is 40.3 Å². The molecule has 0 heterocycles. The van der Waals surface area contributed by atoms with Gasteiger partial charge in [0.25, 0.3) is 0 Å². The topological polar surface area (TPSA) is 125 Å². The molecule has 2 unspecified atom stereocenters. The van der Waals surface area contributed by atoms with Crippen LogP contribution >= 0.6 is 8.25 Å². The molecule has 0 aliphatic heterocycles. The van der Waals surface area contributed by atoms with Crippen molar-refractivity contribution in [1.82, 2.24) is 0 Å². The van der Waals surface area contributed by atoms with Crippen molar-refractivity contribution >= 4 is 8.25 Å². The Hall–Kier alpha value is -1.69. The maximum atomic E-state index is 10.4. The number of nitrogens with zero attached hydrogens (tertiary/aromatic N) is 3. The van der Waals surface area contributed by atoms with Crippen LogP contribution in [0.2, 0.25) is 0 Å². The Morgan fingerprint density at radius 2 is 2.10 bits per heavy atom. The van der Waals surface area contributed by atoms with E-state index < -0.39 is 20.3 Å². The summed E-state index contributed by atoms with van der Waals surface area (Å²) in [5.74, 6) is 0.436. The van der Waals surface area contributed by atoms with Crippen molar-refractivity contribution in [3.63, 3.8) is 0 Å². The standard InChI is InChI=1S/C11H14N3O5P/c1-3-11(2,13-14-12)18-9-6-4-8(5-7-9)10(15)19-20(16)17/h4-7,10,15H,3H2,1-2H3/p+1/t10?,11-/m1/s1. The van der Waals surface area contributed by atoms with Crippen LogP contribution in [0.3, 0.4) is 0 Å². The molecule has 2 N–H and O–H groups in total. The van der Waals surface area contributed by atoms with Gasteiger partial charge in [-0.15, -0.1) is 4.89 Å². The van der Waals surface area contributed by atoms with Gasteiger partial charge in [0.2, 0.25) is 6.29 Å². The summed E-state index contributed by atoms with van der Waals surface area (Å²) in [5.41, 5.74) is 7.79. The van der Waals surface area contributed by atoms with E-state index in [0.29, 0.717) is 17.7 Å². The van der Waals surface area contributed by atoms with Crippen molar-refractivity contribution in [3.8, 4) is 5.75 Å². The maximum absolute atomic E-state index is 10.4. The number of hydrogen-bond acceptors (Lipinski definition) is 5. The van der Waals surface area contributed by atoms with Crippen LogP contribution in [-0.2, 0) is 9.09 Å². The van der Waals surface area contributed by atoms with E-state index in [1.165, 1.54) is 24.3 Å². The summed E-state index contributed by atoms with van der Waals surface area (Å²) in [7, 11) is -2.89. The average molecular weight is 300 g/mol. The number of azide groups is 1. The van der Waals surface area contributed by atoms with Gasteiger partial charge in [-0.1, -0.05) is 23.6 Å². The third-order valence-electron chi connectivity index (χ3n) is 2.61. The molecule has 20 heavy (non-hydrogen) atoms. The summed E-state index contributed by atoms with van der Waals surface area (Å²) < 4.78 is 20.4. The fourth-order valence-corrected chi connectivity index (χ4v) is 1.65. The lowest BCUT2D eigenvalue weighted by molar-refractivity contribution is -0.0208. The van der Waals surface area contributed by atoms with Crippen LogP contribution in [0.15, 0.2) is 29.4 Å². The fourth-order valence-electron chi connectivity index (χ4n) is 1.36. The van der Waals surface area contributed by atoms with Crippen molar-refractivity contribution in [2.24, 2.45) is 5.11 Å². The van der Waals surface area contributed by atoms with Gasteiger partial charge in [-0.3, -0.25) is 0 Å². The Labute approximate surface area is 116 Å². The average Bonchev–Trinajstić information content (AvgIpc) is 2.39. The zero-order chi connectivity index (χ0) is 15.2. The molecule has 0 saturated carbocycles. The van der Waals surface area contributed by atoms with Crippen LogP contribution in [0, 0.1) is 0 Å². The van der Waals surface area contributed by atoms with Gasteiger partial charge in [0.15, 0.2) is 5.72 Å². The summed E-state index contributed by atoms with van der Waals surface area (Å²) in [5, 5.41) is 13.1. The predicted molar refractivity (Wildman–Crippen MR) is 70.8 cm³/mol. The monoisotopic (exact) mass is 300 g/mol. The molecule has 0 aliphatic carbocycles. The van der Waals surface area contributed by atoms with Crippen LogP contribution in [0.1, 0.15) is 32.1 Å². The second kappa shape index (κ2) is 7.19. The lowest BCUT2D eigenvalue weighted by atomic mass is 10.2. The maximum Gasteiger partial charge on any atom is 0.697 e. The highest BCUT2D eigenvalue weighted by molar-refractivity contribution is 7.32. The molecule has 0 amide bonds. The first-order valence-electron chi connectivity index (χ1n) is 5.76. The van der Waals surface area contributed by atoms with E-state index in [-0.39, 0.29) is 0 Å². The quantitative estimate of drug-likeness (QED) is 0.263. The fraction of sp³-hybridized carbons (Fsp3) is 0.455. The normalized spacial score (nSPS) is 15.7. The van der Waals surface area contributed by atoms with Gasteiger partial charge < -0.3 is 9.84 Å². The number of ether oxygens (including phenoxy) is 1. The number of aliphatic hydroxyl groups excluding tert-OH is 1. The molecular formula is C11H15N3O5P+. The summed E-state index contributed by atoms with van der Waals surface area (Å²) in [6, 6.07) is 6.02. The van der Waals surface area contributed by atoms with Gasteiger partial charge in [0, 0.05) is 15.0 Å². The second-order valence-corrected chi connectivity index (χ2v) is 4.77. The van der Waals surface area contributed by atoms with Crippen molar-refractivity contribution in [2.75, 3.05) is 0 Å².